The summed E-state index contributed by atoms with van der Waals surface area (Å²) in [6, 6.07) is 19.4. The molecule has 7 nitrogen and oxygen atoms in total. The van der Waals surface area contributed by atoms with Gasteiger partial charge in [-0.3, -0.25) is 4.72 Å². The maximum atomic E-state index is 12.9. The average molecular weight is 464 g/mol. The molecular weight excluding hydrogens is 446 g/mol. The smallest absolute Gasteiger partial charge is 0.261 e. The van der Waals surface area contributed by atoms with Gasteiger partial charge in [0, 0.05) is 21.4 Å². The fourth-order valence-corrected chi connectivity index (χ4v) is 4.86. The summed E-state index contributed by atoms with van der Waals surface area (Å²) in [6.45, 7) is 3.77. The molecule has 2 heterocycles. The second kappa shape index (κ2) is 7.58. The van der Waals surface area contributed by atoms with Gasteiger partial charge in [0.05, 0.1) is 16.3 Å². The third-order valence-electron chi connectivity index (χ3n) is 5.31. The molecule has 0 atom stereocenters. The second-order valence-corrected chi connectivity index (χ2v) is 9.60. The molecule has 2 aromatic heterocycles. The number of aromatic nitrogens is 4. The minimum atomic E-state index is -3.78. The molecule has 160 valence electrons. The van der Waals surface area contributed by atoms with Gasteiger partial charge in [0.15, 0.2) is 11.5 Å². The van der Waals surface area contributed by atoms with E-state index in [9.17, 15) is 8.42 Å². The lowest BCUT2D eigenvalue weighted by Crippen LogP contribution is -2.13. The van der Waals surface area contributed by atoms with Gasteiger partial charge < -0.3 is 0 Å². The molecule has 0 spiro atoms. The number of aryl methyl sites for hydroxylation is 2. The van der Waals surface area contributed by atoms with Crippen LogP contribution in [0.1, 0.15) is 11.3 Å². The number of hydrogen-bond acceptors (Lipinski definition) is 5. The number of nitrogens with zero attached hydrogens (tertiary/aromatic N) is 4. The third-order valence-corrected chi connectivity index (χ3v) is 6.95. The van der Waals surface area contributed by atoms with Gasteiger partial charge in [0.25, 0.3) is 10.0 Å². The zero-order valence-corrected chi connectivity index (χ0v) is 18.8. The first-order valence-corrected chi connectivity index (χ1v) is 11.7. The fourth-order valence-electron chi connectivity index (χ4n) is 3.61. The Morgan fingerprint density at radius 2 is 1.62 bits per heavy atom. The van der Waals surface area contributed by atoms with Gasteiger partial charge in [-0.15, -0.1) is 10.2 Å². The molecule has 1 N–H and O–H groups in total. The maximum Gasteiger partial charge on any atom is 0.261 e. The maximum absolute atomic E-state index is 12.9. The lowest BCUT2D eigenvalue weighted by atomic mass is 10.1. The largest absolute Gasteiger partial charge is 0.279 e. The molecule has 3 aromatic carbocycles. The Balaban J connectivity index is 1.60. The first kappa shape index (κ1) is 20.4. The van der Waals surface area contributed by atoms with Crippen LogP contribution in [-0.2, 0) is 10.0 Å². The molecule has 5 aromatic rings. The fraction of sp³-hybridized carbons (Fsp3) is 0.0870. The van der Waals surface area contributed by atoms with Crippen LogP contribution >= 0.6 is 11.6 Å². The van der Waals surface area contributed by atoms with Crippen LogP contribution in [0, 0.1) is 13.8 Å². The van der Waals surface area contributed by atoms with Gasteiger partial charge in [-0.05, 0) is 49.7 Å². The number of hydrogen-bond donors (Lipinski definition) is 1. The molecule has 0 radical (unpaired) electrons. The highest BCUT2D eigenvalue weighted by Gasteiger charge is 2.18. The summed E-state index contributed by atoms with van der Waals surface area (Å²) in [5.74, 6) is 0.529. The predicted molar refractivity (Wildman–Crippen MR) is 125 cm³/mol. The van der Waals surface area contributed by atoms with E-state index in [-0.39, 0.29) is 4.90 Å². The van der Waals surface area contributed by atoms with Crippen LogP contribution in [0.25, 0.3) is 27.8 Å². The van der Waals surface area contributed by atoms with Gasteiger partial charge in [0.2, 0.25) is 0 Å². The highest BCUT2D eigenvalue weighted by Crippen LogP contribution is 2.29. The minimum absolute atomic E-state index is 0.128. The molecule has 0 bridgehead atoms. The zero-order chi connectivity index (χ0) is 22.5. The number of anilines is 1. The molecule has 0 unspecified atom stereocenters. The summed E-state index contributed by atoms with van der Waals surface area (Å²) in [5.41, 5.74) is 3.41. The molecule has 0 amide bonds. The second-order valence-electron chi connectivity index (χ2n) is 7.48. The Morgan fingerprint density at radius 3 is 2.38 bits per heavy atom. The molecule has 9 heteroatoms. The van der Waals surface area contributed by atoms with Crippen LogP contribution in [0.3, 0.4) is 0 Å². The average Bonchev–Trinajstić information content (AvgIpc) is 3.19. The van der Waals surface area contributed by atoms with Gasteiger partial charge in [-0.2, -0.15) is 9.61 Å². The van der Waals surface area contributed by atoms with E-state index in [1.165, 1.54) is 12.1 Å². The number of nitrogens with one attached hydrogen (secondary N) is 1. The Bertz CT molecular complexity index is 1590. The van der Waals surface area contributed by atoms with Crippen molar-refractivity contribution in [2.24, 2.45) is 0 Å². The van der Waals surface area contributed by atoms with Crippen molar-refractivity contribution in [3.05, 3.63) is 83.0 Å². The van der Waals surface area contributed by atoms with Crippen LogP contribution in [-0.4, -0.2) is 28.2 Å². The van der Waals surface area contributed by atoms with Crippen LogP contribution in [0.4, 0.5) is 5.69 Å². The van der Waals surface area contributed by atoms with E-state index >= 15 is 0 Å². The van der Waals surface area contributed by atoms with E-state index in [4.69, 9.17) is 11.6 Å². The van der Waals surface area contributed by atoms with Gasteiger partial charge in [-0.25, -0.2) is 8.42 Å². The number of halogens is 1. The molecule has 0 aliphatic carbocycles. The predicted octanol–water partition coefficient (Wildman–Crippen LogP) is 5.02. The van der Waals surface area contributed by atoms with Crippen molar-refractivity contribution in [2.45, 2.75) is 18.7 Å². The Morgan fingerprint density at radius 1 is 0.906 bits per heavy atom. The summed E-state index contributed by atoms with van der Waals surface area (Å²) in [5, 5.41) is 15.8. The van der Waals surface area contributed by atoms with Crippen molar-refractivity contribution < 1.29 is 8.42 Å². The molecule has 5 rings (SSSR count). The number of sulfonamides is 1. The lowest BCUT2D eigenvalue weighted by Gasteiger charge is -2.12. The summed E-state index contributed by atoms with van der Waals surface area (Å²) in [4.78, 5) is 0.128. The van der Waals surface area contributed by atoms with E-state index in [1.54, 1.807) is 22.7 Å². The molecular formula is C23H18ClN5O2S. The molecule has 0 fully saturated rings. The first-order chi connectivity index (χ1) is 15.3. The first-order valence-electron chi connectivity index (χ1n) is 9.84. The van der Waals surface area contributed by atoms with Crippen molar-refractivity contribution in [3.8, 4) is 11.4 Å². The van der Waals surface area contributed by atoms with Gasteiger partial charge in [-0.1, -0.05) is 48.0 Å². The van der Waals surface area contributed by atoms with E-state index in [1.807, 2.05) is 50.2 Å². The Hall–Kier alpha value is -3.49. The van der Waals surface area contributed by atoms with Crippen molar-refractivity contribution in [2.75, 3.05) is 4.72 Å². The van der Waals surface area contributed by atoms with Crippen LogP contribution in [0.2, 0.25) is 5.02 Å². The van der Waals surface area contributed by atoms with E-state index < -0.39 is 10.0 Å². The lowest BCUT2D eigenvalue weighted by molar-refractivity contribution is 0.601. The van der Waals surface area contributed by atoms with Crippen LogP contribution in [0.5, 0.6) is 0 Å². The topological polar surface area (TPSA) is 89.2 Å². The highest BCUT2D eigenvalue weighted by atomic mass is 35.5. The summed E-state index contributed by atoms with van der Waals surface area (Å²) < 4.78 is 30.1. The standard InChI is InChI=1S/C23H18ClN5O2S/c1-14-7-8-16(13-21(14)28-32(30,31)18-11-9-17(24)10-12-18)22-25-26-23-20-6-4-3-5-19(20)15(2)27-29(22)23/h3-13,28H,1-2H3. The van der Waals surface area contributed by atoms with Gasteiger partial charge in [0.1, 0.15) is 0 Å². The monoisotopic (exact) mass is 463 g/mol. The number of benzene rings is 3. The van der Waals surface area contributed by atoms with Crippen molar-refractivity contribution in [3.63, 3.8) is 0 Å². The number of rotatable bonds is 4. The van der Waals surface area contributed by atoms with Crippen LogP contribution < -0.4 is 4.72 Å². The minimum Gasteiger partial charge on any atom is -0.279 e. The third kappa shape index (κ3) is 3.47. The Kier molecular flexibility index (Phi) is 4.83. The quantitative estimate of drug-likeness (QED) is 0.404. The molecule has 0 aliphatic heterocycles. The molecule has 0 aliphatic rings. The van der Waals surface area contributed by atoms with E-state index in [0.717, 1.165) is 22.0 Å². The normalized spacial score (nSPS) is 11.8. The summed E-state index contributed by atoms with van der Waals surface area (Å²) in [6.07, 6.45) is 0. The van der Waals surface area contributed by atoms with Gasteiger partial charge >= 0.3 is 0 Å². The molecule has 32 heavy (non-hydrogen) atoms. The zero-order valence-electron chi connectivity index (χ0n) is 17.2. The van der Waals surface area contributed by atoms with E-state index in [0.29, 0.717) is 27.7 Å². The summed E-state index contributed by atoms with van der Waals surface area (Å²) in [7, 11) is -3.78. The van der Waals surface area contributed by atoms with Crippen molar-refractivity contribution in [1.29, 1.82) is 0 Å². The van der Waals surface area contributed by atoms with Crippen LogP contribution in [0.15, 0.2) is 71.6 Å². The van der Waals surface area contributed by atoms with Crippen molar-refractivity contribution >= 4 is 43.7 Å². The number of fused-ring (bicyclic) bond motifs is 3. The van der Waals surface area contributed by atoms with E-state index in [2.05, 4.69) is 20.0 Å². The SMILES string of the molecule is Cc1ccc(-c2nnc3c4ccccc4c(C)nn23)cc1NS(=O)(=O)c1ccc(Cl)cc1. The molecule has 0 saturated heterocycles. The Labute approximate surface area is 189 Å². The van der Waals surface area contributed by atoms with Crippen molar-refractivity contribution in [1.82, 2.24) is 19.8 Å². The highest BCUT2D eigenvalue weighted by molar-refractivity contribution is 7.92. The molecule has 0 saturated carbocycles. The summed E-state index contributed by atoms with van der Waals surface area (Å²) >= 11 is 5.88.